The Hall–Kier alpha value is -1.50. The molecule has 0 fully saturated rings. The molecule has 0 aliphatic rings. The van der Waals surface area contributed by atoms with Gasteiger partial charge in [-0.25, -0.2) is 0 Å². The van der Waals surface area contributed by atoms with E-state index in [0.717, 1.165) is 6.42 Å². The first-order valence-electron chi connectivity index (χ1n) is 4.37. The maximum absolute atomic E-state index is 4.98. The third-order valence-electron chi connectivity index (χ3n) is 1.63. The number of rotatable bonds is 5. The van der Waals surface area contributed by atoms with Gasteiger partial charge in [-0.3, -0.25) is 0 Å². The number of benzene rings is 1. The Labute approximate surface area is 79.4 Å². The molecule has 0 bridgehead atoms. The first-order valence-corrected chi connectivity index (χ1v) is 4.37. The zero-order chi connectivity index (χ0) is 9.36. The van der Waals surface area contributed by atoms with Gasteiger partial charge in [0.25, 0.3) is 0 Å². The molecule has 0 unspecified atom stereocenters. The zero-order valence-electron chi connectivity index (χ0n) is 7.65. The largest absolute Gasteiger partial charge is 0.501 e. The molecule has 0 saturated carbocycles. The van der Waals surface area contributed by atoms with Crippen LogP contribution in [-0.2, 0) is 4.74 Å². The van der Waals surface area contributed by atoms with Crippen LogP contribution < -0.4 is 0 Å². The monoisotopic (exact) mass is 174 g/mol. The van der Waals surface area contributed by atoms with Crippen molar-refractivity contribution in [3.63, 3.8) is 0 Å². The van der Waals surface area contributed by atoms with Gasteiger partial charge >= 0.3 is 0 Å². The van der Waals surface area contributed by atoms with Gasteiger partial charge in [0, 0.05) is 0 Å². The van der Waals surface area contributed by atoms with Crippen LogP contribution in [0.15, 0.2) is 49.2 Å². The summed E-state index contributed by atoms with van der Waals surface area (Å²) in [6, 6.07) is 10.2. The SMILES string of the molecule is C=COCCC=Cc1ccccc1. The Morgan fingerprint density at radius 3 is 2.69 bits per heavy atom. The molecular weight excluding hydrogens is 160 g/mol. The molecule has 0 radical (unpaired) electrons. The Bertz CT molecular complexity index is 262. The lowest BCUT2D eigenvalue weighted by Gasteiger charge is -1.94. The summed E-state index contributed by atoms with van der Waals surface area (Å²) in [6.45, 7) is 4.17. The van der Waals surface area contributed by atoms with E-state index in [1.165, 1.54) is 11.8 Å². The van der Waals surface area contributed by atoms with E-state index in [-0.39, 0.29) is 0 Å². The van der Waals surface area contributed by atoms with Crippen LogP contribution in [0.1, 0.15) is 12.0 Å². The van der Waals surface area contributed by atoms with Crippen molar-refractivity contribution in [3.8, 4) is 0 Å². The highest BCUT2D eigenvalue weighted by Gasteiger charge is 1.82. The molecule has 0 aliphatic heterocycles. The fourth-order valence-electron chi connectivity index (χ4n) is 1.00. The average molecular weight is 174 g/mol. The predicted molar refractivity (Wildman–Crippen MR) is 56.2 cm³/mol. The van der Waals surface area contributed by atoms with Crippen molar-refractivity contribution in [1.29, 1.82) is 0 Å². The van der Waals surface area contributed by atoms with Crippen molar-refractivity contribution in [2.75, 3.05) is 6.61 Å². The van der Waals surface area contributed by atoms with E-state index < -0.39 is 0 Å². The van der Waals surface area contributed by atoms with Crippen molar-refractivity contribution >= 4 is 6.08 Å². The summed E-state index contributed by atoms with van der Waals surface area (Å²) in [5, 5.41) is 0. The Morgan fingerprint density at radius 2 is 2.00 bits per heavy atom. The topological polar surface area (TPSA) is 9.23 Å². The van der Waals surface area contributed by atoms with Gasteiger partial charge in [0.1, 0.15) is 0 Å². The van der Waals surface area contributed by atoms with Gasteiger partial charge in [-0.15, -0.1) is 0 Å². The molecule has 1 rings (SSSR count). The Morgan fingerprint density at radius 1 is 1.23 bits per heavy atom. The third-order valence-corrected chi connectivity index (χ3v) is 1.63. The molecule has 0 amide bonds. The lowest BCUT2D eigenvalue weighted by Crippen LogP contribution is -1.82. The zero-order valence-corrected chi connectivity index (χ0v) is 7.65. The molecule has 0 saturated heterocycles. The van der Waals surface area contributed by atoms with Crippen LogP contribution in [-0.4, -0.2) is 6.61 Å². The smallest absolute Gasteiger partial charge is 0.0907 e. The van der Waals surface area contributed by atoms with Crippen LogP contribution in [0, 0.1) is 0 Å². The second kappa shape index (κ2) is 6.06. The molecule has 0 spiro atoms. The normalized spacial score (nSPS) is 10.2. The fraction of sp³-hybridized carbons (Fsp3) is 0.167. The molecule has 1 heteroatoms. The van der Waals surface area contributed by atoms with E-state index in [4.69, 9.17) is 4.74 Å². The minimum atomic E-state index is 0.701. The summed E-state index contributed by atoms with van der Waals surface area (Å²) in [4.78, 5) is 0. The van der Waals surface area contributed by atoms with Crippen LogP contribution >= 0.6 is 0 Å². The van der Waals surface area contributed by atoms with Crippen molar-refractivity contribution in [2.24, 2.45) is 0 Å². The molecule has 0 N–H and O–H groups in total. The summed E-state index contributed by atoms with van der Waals surface area (Å²) in [7, 11) is 0. The molecule has 68 valence electrons. The number of hydrogen-bond acceptors (Lipinski definition) is 1. The maximum atomic E-state index is 4.98. The van der Waals surface area contributed by atoms with Gasteiger partial charge in [0.15, 0.2) is 0 Å². The van der Waals surface area contributed by atoms with Gasteiger partial charge in [0.2, 0.25) is 0 Å². The first-order chi connectivity index (χ1) is 6.43. The van der Waals surface area contributed by atoms with Crippen LogP contribution in [0.5, 0.6) is 0 Å². The van der Waals surface area contributed by atoms with Gasteiger partial charge in [-0.05, 0) is 12.0 Å². The quantitative estimate of drug-likeness (QED) is 0.492. The van der Waals surface area contributed by atoms with E-state index in [0.29, 0.717) is 6.61 Å². The standard InChI is InChI=1S/C12H14O/c1-2-13-11-7-6-10-12-8-4-3-5-9-12/h2-6,8-10H,1,7,11H2. The molecule has 0 heterocycles. The van der Waals surface area contributed by atoms with Crippen LogP contribution in [0.25, 0.3) is 6.08 Å². The summed E-state index contributed by atoms with van der Waals surface area (Å²) in [6.07, 6.45) is 6.57. The second-order valence-electron chi connectivity index (χ2n) is 2.64. The van der Waals surface area contributed by atoms with Gasteiger partial charge in [0.05, 0.1) is 12.9 Å². The highest BCUT2D eigenvalue weighted by molar-refractivity contribution is 5.48. The Kier molecular flexibility index (Phi) is 4.47. The Balaban J connectivity index is 2.28. The summed E-state index contributed by atoms with van der Waals surface area (Å²) < 4.78 is 4.98. The summed E-state index contributed by atoms with van der Waals surface area (Å²) in [5.41, 5.74) is 1.22. The molecular formula is C12H14O. The average Bonchev–Trinajstić information content (AvgIpc) is 2.19. The van der Waals surface area contributed by atoms with Crippen LogP contribution in [0.2, 0.25) is 0 Å². The van der Waals surface area contributed by atoms with Crippen molar-refractivity contribution < 1.29 is 4.74 Å². The number of ether oxygens (including phenoxy) is 1. The first kappa shape index (κ1) is 9.59. The number of hydrogen-bond donors (Lipinski definition) is 0. The van der Waals surface area contributed by atoms with Gasteiger partial charge < -0.3 is 4.74 Å². The fourth-order valence-corrected chi connectivity index (χ4v) is 1.00. The van der Waals surface area contributed by atoms with Crippen molar-refractivity contribution in [3.05, 3.63) is 54.8 Å². The van der Waals surface area contributed by atoms with E-state index >= 15 is 0 Å². The molecule has 0 aromatic heterocycles. The summed E-state index contributed by atoms with van der Waals surface area (Å²) in [5.74, 6) is 0. The molecule has 1 aromatic rings. The maximum Gasteiger partial charge on any atom is 0.0907 e. The molecule has 1 aromatic carbocycles. The van der Waals surface area contributed by atoms with Crippen LogP contribution in [0.3, 0.4) is 0 Å². The molecule has 13 heavy (non-hydrogen) atoms. The lowest BCUT2D eigenvalue weighted by molar-refractivity contribution is 0.257. The minimum absolute atomic E-state index is 0.701. The van der Waals surface area contributed by atoms with Crippen molar-refractivity contribution in [2.45, 2.75) is 6.42 Å². The predicted octanol–water partition coefficient (Wildman–Crippen LogP) is 3.25. The minimum Gasteiger partial charge on any atom is -0.501 e. The molecule has 1 nitrogen and oxygen atoms in total. The van der Waals surface area contributed by atoms with Crippen molar-refractivity contribution in [1.82, 2.24) is 0 Å². The summed E-state index contributed by atoms with van der Waals surface area (Å²) >= 11 is 0. The molecule has 0 atom stereocenters. The highest BCUT2D eigenvalue weighted by atomic mass is 16.5. The van der Waals surface area contributed by atoms with E-state index in [1.807, 2.05) is 18.2 Å². The van der Waals surface area contributed by atoms with Crippen LogP contribution in [0.4, 0.5) is 0 Å². The highest BCUT2D eigenvalue weighted by Crippen LogP contribution is 2.01. The lowest BCUT2D eigenvalue weighted by atomic mass is 10.2. The third kappa shape index (κ3) is 4.16. The van der Waals surface area contributed by atoms with E-state index in [1.54, 1.807) is 0 Å². The molecule has 0 aliphatic carbocycles. The van der Waals surface area contributed by atoms with Gasteiger partial charge in [-0.2, -0.15) is 0 Å². The van der Waals surface area contributed by atoms with E-state index in [2.05, 4.69) is 30.9 Å². The van der Waals surface area contributed by atoms with Gasteiger partial charge in [-0.1, -0.05) is 49.1 Å². The second-order valence-corrected chi connectivity index (χ2v) is 2.64. The van der Waals surface area contributed by atoms with E-state index in [9.17, 15) is 0 Å².